The second-order valence-corrected chi connectivity index (χ2v) is 14.6. The van der Waals surface area contributed by atoms with E-state index in [1.54, 1.807) is 0 Å². The number of rotatable bonds is 3. The van der Waals surface area contributed by atoms with Gasteiger partial charge in [0.15, 0.2) is 0 Å². The predicted molar refractivity (Wildman–Crippen MR) is 215 cm³/mol. The van der Waals surface area contributed by atoms with E-state index in [9.17, 15) is 0 Å². The summed E-state index contributed by atoms with van der Waals surface area (Å²) in [5.41, 5.74) is 14.4. The Hall–Kier alpha value is -5.98. The van der Waals surface area contributed by atoms with Crippen LogP contribution in [0.5, 0.6) is 0 Å². The molecule has 236 valence electrons. The summed E-state index contributed by atoms with van der Waals surface area (Å²) in [5.74, 6) is 0. The van der Waals surface area contributed by atoms with Crippen LogP contribution in [0.25, 0.3) is 87.6 Å². The van der Waals surface area contributed by atoms with Crippen LogP contribution < -0.4 is 0 Å². The van der Waals surface area contributed by atoms with Gasteiger partial charge in [-0.05, 0) is 124 Å². The van der Waals surface area contributed by atoms with Gasteiger partial charge in [-0.25, -0.2) is 0 Å². The zero-order chi connectivity index (χ0) is 33.6. The summed E-state index contributed by atoms with van der Waals surface area (Å²) >= 11 is 0. The first-order chi connectivity index (χ1) is 24.5. The van der Waals surface area contributed by atoms with Crippen molar-refractivity contribution in [3.05, 3.63) is 180 Å². The van der Waals surface area contributed by atoms with E-state index in [1.165, 1.54) is 104 Å². The summed E-state index contributed by atoms with van der Waals surface area (Å²) in [7, 11) is 0. The molecule has 1 aliphatic rings. The van der Waals surface area contributed by atoms with E-state index in [0.717, 1.165) is 0 Å². The zero-order valence-electron chi connectivity index (χ0n) is 28.6. The Morgan fingerprint density at radius 2 is 0.900 bits per heavy atom. The molecule has 0 fully saturated rings. The van der Waals surface area contributed by atoms with Gasteiger partial charge < -0.3 is 0 Å². The lowest BCUT2D eigenvalue weighted by atomic mass is 9.80. The Kier molecular flexibility index (Phi) is 6.24. The van der Waals surface area contributed by atoms with E-state index >= 15 is 0 Å². The fraction of sp³-hybridized carbons (Fsp3) is 0.0800. The van der Waals surface area contributed by atoms with Gasteiger partial charge in [-0.15, -0.1) is 0 Å². The molecule has 0 heterocycles. The highest BCUT2D eigenvalue weighted by Crippen LogP contribution is 2.51. The normalized spacial score (nSPS) is 13.3. The molecule has 9 aromatic carbocycles. The van der Waals surface area contributed by atoms with Gasteiger partial charge in [0.2, 0.25) is 0 Å². The topological polar surface area (TPSA) is 0 Å². The third-order valence-corrected chi connectivity index (χ3v) is 11.3. The van der Waals surface area contributed by atoms with E-state index in [2.05, 4.69) is 185 Å². The molecule has 10 rings (SSSR count). The molecule has 0 atom stereocenters. The van der Waals surface area contributed by atoms with Crippen LogP contribution in [-0.2, 0) is 5.41 Å². The zero-order valence-corrected chi connectivity index (χ0v) is 28.6. The number of benzene rings is 9. The molecule has 0 saturated heterocycles. The number of fused-ring (bicyclic) bond motifs is 7. The first-order valence-electron chi connectivity index (χ1n) is 17.7. The van der Waals surface area contributed by atoms with E-state index in [-0.39, 0.29) is 5.41 Å². The van der Waals surface area contributed by atoms with Crippen LogP contribution in [0.3, 0.4) is 0 Å². The average Bonchev–Trinajstić information content (AvgIpc) is 3.38. The first kappa shape index (κ1) is 29.0. The molecule has 0 N–H and O–H groups in total. The highest BCUT2D eigenvalue weighted by molar-refractivity contribution is 6.22. The lowest BCUT2D eigenvalue weighted by Gasteiger charge is -2.23. The largest absolute Gasteiger partial charge is 0.0619 e. The number of aryl methyl sites for hydroxylation is 1. The molecule has 1 aliphatic carbocycles. The minimum absolute atomic E-state index is 0.0536. The molecular formula is C50H36. The summed E-state index contributed by atoms with van der Waals surface area (Å²) in [6.07, 6.45) is 0. The molecule has 0 unspecified atom stereocenters. The molecule has 0 nitrogen and oxygen atoms in total. The third kappa shape index (κ3) is 4.25. The first-order valence-corrected chi connectivity index (χ1v) is 17.7. The summed E-state index contributed by atoms with van der Waals surface area (Å²) in [5, 5.41) is 10.2. The summed E-state index contributed by atoms with van der Waals surface area (Å²) in [6.45, 7) is 6.95. The highest BCUT2D eigenvalue weighted by atomic mass is 14.4. The van der Waals surface area contributed by atoms with Crippen LogP contribution in [-0.4, -0.2) is 0 Å². The van der Waals surface area contributed by atoms with Crippen molar-refractivity contribution in [2.24, 2.45) is 0 Å². The van der Waals surface area contributed by atoms with Crippen molar-refractivity contribution in [2.75, 3.05) is 0 Å². The average molecular weight is 637 g/mol. The van der Waals surface area contributed by atoms with Crippen molar-refractivity contribution in [1.82, 2.24) is 0 Å². The van der Waals surface area contributed by atoms with Crippen LogP contribution in [0.1, 0.15) is 30.5 Å². The smallest absolute Gasteiger partial charge is 0.0159 e. The van der Waals surface area contributed by atoms with Gasteiger partial charge in [0, 0.05) is 5.41 Å². The van der Waals surface area contributed by atoms with Crippen LogP contribution in [0.15, 0.2) is 164 Å². The maximum atomic E-state index is 2.47. The molecule has 0 radical (unpaired) electrons. The minimum atomic E-state index is -0.0536. The minimum Gasteiger partial charge on any atom is -0.0619 e. The van der Waals surface area contributed by atoms with E-state index < -0.39 is 0 Å². The van der Waals surface area contributed by atoms with E-state index in [4.69, 9.17) is 0 Å². The SMILES string of the molecule is Cc1ccc2c(-c3ccc4cc(-c5cccc6ccccc56)ccc4c3)c3ccccc3c(-c3ccc4c(c3)C(C)(C)c3ccccc3-4)c2c1. The molecule has 9 aromatic rings. The van der Waals surface area contributed by atoms with Crippen LogP contribution in [0, 0.1) is 6.92 Å². The molecule has 0 amide bonds. The number of hydrogen-bond acceptors (Lipinski definition) is 0. The Morgan fingerprint density at radius 3 is 1.72 bits per heavy atom. The molecule has 0 saturated carbocycles. The predicted octanol–water partition coefficient (Wildman–Crippen LogP) is 13.9. The van der Waals surface area contributed by atoms with Gasteiger partial charge in [0.1, 0.15) is 0 Å². The standard InChI is InChI=1S/C50H36/c1-31-19-25-44-45(27-31)49(37-24-26-41-40-14-8-9-18-46(40)50(2,3)47(41)30-37)43-16-7-6-15-42(43)48(44)36-23-21-33-28-35(22-20-34(33)29-36)39-17-10-12-32-11-4-5-13-38(32)39/h4-30H,1-3H3. The van der Waals surface area contributed by atoms with Gasteiger partial charge in [-0.2, -0.15) is 0 Å². The van der Waals surface area contributed by atoms with Gasteiger partial charge in [0.05, 0.1) is 0 Å². The molecule has 0 heteroatoms. The van der Waals surface area contributed by atoms with Crippen molar-refractivity contribution in [3.8, 4) is 44.5 Å². The molecule has 0 aliphatic heterocycles. The molecule has 0 bridgehead atoms. The molecule has 0 aromatic heterocycles. The lowest BCUT2D eigenvalue weighted by molar-refractivity contribution is 0.660. The molecule has 50 heavy (non-hydrogen) atoms. The summed E-state index contributed by atoms with van der Waals surface area (Å²) in [6, 6.07) is 61.3. The van der Waals surface area contributed by atoms with E-state index in [1.807, 2.05) is 0 Å². The molecule has 0 spiro atoms. The van der Waals surface area contributed by atoms with Crippen molar-refractivity contribution in [3.63, 3.8) is 0 Å². The Morgan fingerprint density at radius 1 is 0.340 bits per heavy atom. The fourth-order valence-electron chi connectivity index (χ4n) is 8.82. The van der Waals surface area contributed by atoms with Crippen LogP contribution >= 0.6 is 0 Å². The molecular weight excluding hydrogens is 601 g/mol. The van der Waals surface area contributed by atoms with Gasteiger partial charge in [-0.1, -0.05) is 165 Å². The maximum absolute atomic E-state index is 2.47. The van der Waals surface area contributed by atoms with Crippen LogP contribution in [0.2, 0.25) is 0 Å². The second kappa shape index (κ2) is 10.8. The second-order valence-electron chi connectivity index (χ2n) is 14.6. The van der Waals surface area contributed by atoms with Gasteiger partial charge in [0.25, 0.3) is 0 Å². The van der Waals surface area contributed by atoms with Gasteiger partial charge in [-0.3, -0.25) is 0 Å². The number of hydrogen-bond donors (Lipinski definition) is 0. The maximum Gasteiger partial charge on any atom is 0.0159 e. The Balaban J connectivity index is 1.17. The van der Waals surface area contributed by atoms with E-state index in [0.29, 0.717) is 0 Å². The van der Waals surface area contributed by atoms with Crippen molar-refractivity contribution < 1.29 is 0 Å². The lowest BCUT2D eigenvalue weighted by Crippen LogP contribution is -2.14. The van der Waals surface area contributed by atoms with Gasteiger partial charge >= 0.3 is 0 Å². The quantitative estimate of drug-likeness (QED) is 0.169. The third-order valence-electron chi connectivity index (χ3n) is 11.3. The van der Waals surface area contributed by atoms with Crippen molar-refractivity contribution in [2.45, 2.75) is 26.2 Å². The van der Waals surface area contributed by atoms with Crippen molar-refractivity contribution >= 4 is 43.1 Å². The Labute approximate surface area is 293 Å². The highest BCUT2D eigenvalue weighted by Gasteiger charge is 2.35. The monoisotopic (exact) mass is 636 g/mol. The summed E-state index contributed by atoms with van der Waals surface area (Å²) < 4.78 is 0. The fourth-order valence-corrected chi connectivity index (χ4v) is 8.82. The Bertz CT molecular complexity index is 2840. The van der Waals surface area contributed by atoms with Crippen molar-refractivity contribution in [1.29, 1.82) is 0 Å². The summed E-state index contributed by atoms with van der Waals surface area (Å²) in [4.78, 5) is 0. The van der Waals surface area contributed by atoms with Crippen LogP contribution in [0.4, 0.5) is 0 Å².